The number of amides is 2. The van der Waals surface area contributed by atoms with E-state index < -0.39 is 11.8 Å². The molecular weight excluding hydrogens is 552 g/mol. The van der Waals surface area contributed by atoms with Crippen LogP contribution < -0.4 is 20.3 Å². The molecule has 0 aliphatic carbocycles. The Hall–Kier alpha value is -6.02. The van der Waals surface area contributed by atoms with Crippen LogP contribution in [0.4, 0.5) is 0 Å². The summed E-state index contributed by atoms with van der Waals surface area (Å²) < 4.78 is 11.7. The van der Waals surface area contributed by atoms with E-state index in [1.807, 2.05) is 109 Å². The van der Waals surface area contributed by atoms with Gasteiger partial charge in [0, 0.05) is 11.1 Å². The van der Waals surface area contributed by atoms with E-state index in [9.17, 15) is 9.59 Å². The molecule has 0 fully saturated rings. The zero-order chi connectivity index (χ0) is 30.4. The van der Waals surface area contributed by atoms with E-state index in [2.05, 4.69) is 21.1 Å². The summed E-state index contributed by atoms with van der Waals surface area (Å²) in [4.78, 5) is 25.1. The maximum absolute atomic E-state index is 12.5. The van der Waals surface area contributed by atoms with Crippen molar-refractivity contribution in [3.63, 3.8) is 0 Å². The molecule has 0 heterocycles. The van der Waals surface area contributed by atoms with E-state index in [1.54, 1.807) is 24.3 Å². The molecule has 0 saturated heterocycles. The Morgan fingerprint density at radius 1 is 0.523 bits per heavy atom. The van der Waals surface area contributed by atoms with Crippen molar-refractivity contribution in [3.8, 4) is 11.5 Å². The van der Waals surface area contributed by atoms with Crippen molar-refractivity contribution in [1.29, 1.82) is 0 Å². The van der Waals surface area contributed by atoms with Crippen molar-refractivity contribution in [2.45, 2.75) is 13.2 Å². The lowest BCUT2D eigenvalue weighted by Gasteiger charge is -2.07. The smallest absolute Gasteiger partial charge is 0.271 e. The van der Waals surface area contributed by atoms with Crippen molar-refractivity contribution in [3.05, 3.63) is 167 Å². The Morgan fingerprint density at radius 2 is 0.932 bits per heavy atom. The van der Waals surface area contributed by atoms with Gasteiger partial charge in [0.2, 0.25) is 0 Å². The van der Waals surface area contributed by atoms with Gasteiger partial charge in [0.05, 0.1) is 12.4 Å². The molecule has 44 heavy (non-hydrogen) atoms. The van der Waals surface area contributed by atoms with Crippen LogP contribution in [-0.4, -0.2) is 24.2 Å². The summed E-state index contributed by atoms with van der Waals surface area (Å²) in [5, 5.41) is 8.10. The Bertz CT molecular complexity index is 1610. The SMILES string of the molecule is O=C(N/N=C/c1cccc(OCc2ccccc2)c1)c1ccc(C(=O)N/N=C/c2cccc(OCc3ccccc3)c2)cc1. The summed E-state index contributed by atoms with van der Waals surface area (Å²) in [5.74, 6) is 0.585. The van der Waals surface area contributed by atoms with Gasteiger partial charge < -0.3 is 9.47 Å². The second-order valence-corrected chi connectivity index (χ2v) is 9.67. The molecule has 218 valence electrons. The molecule has 2 N–H and O–H groups in total. The predicted octanol–water partition coefficient (Wildman–Crippen LogP) is 6.37. The Kier molecular flexibility index (Phi) is 10.2. The van der Waals surface area contributed by atoms with Gasteiger partial charge in [0.1, 0.15) is 24.7 Å². The number of rotatable bonds is 12. The van der Waals surface area contributed by atoms with Crippen molar-refractivity contribution in [2.75, 3.05) is 0 Å². The maximum Gasteiger partial charge on any atom is 0.271 e. The highest BCUT2D eigenvalue weighted by atomic mass is 16.5. The van der Waals surface area contributed by atoms with Crippen LogP contribution >= 0.6 is 0 Å². The molecule has 0 aromatic heterocycles. The molecule has 0 radical (unpaired) electrons. The number of carbonyl (C=O) groups excluding carboxylic acids is 2. The van der Waals surface area contributed by atoms with E-state index in [0.717, 1.165) is 22.3 Å². The van der Waals surface area contributed by atoms with Crippen LogP contribution in [0, 0.1) is 0 Å². The minimum atomic E-state index is -0.405. The third kappa shape index (κ3) is 8.99. The van der Waals surface area contributed by atoms with E-state index in [0.29, 0.717) is 35.8 Å². The third-order valence-electron chi connectivity index (χ3n) is 6.38. The van der Waals surface area contributed by atoms with E-state index in [-0.39, 0.29) is 0 Å². The predicted molar refractivity (Wildman–Crippen MR) is 171 cm³/mol. The standard InChI is InChI=1S/C36H30N4O4/c41-35(39-37-23-29-13-7-15-33(21-29)43-25-27-9-3-1-4-10-27)31-17-19-32(20-18-31)36(42)40-38-24-30-14-8-16-34(22-30)44-26-28-11-5-2-6-12-28/h1-24H,25-26H2,(H,39,41)(H,40,42)/b37-23+,38-24+. The number of hydrogen-bond donors (Lipinski definition) is 2. The molecule has 0 bridgehead atoms. The molecule has 0 atom stereocenters. The number of ether oxygens (including phenoxy) is 2. The van der Waals surface area contributed by atoms with Crippen molar-refractivity contribution in [2.24, 2.45) is 10.2 Å². The van der Waals surface area contributed by atoms with E-state index in [4.69, 9.17) is 9.47 Å². The fourth-order valence-electron chi connectivity index (χ4n) is 4.08. The topological polar surface area (TPSA) is 101 Å². The quantitative estimate of drug-likeness (QED) is 0.132. The molecule has 2 amide bonds. The van der Waals surface area contributed by atoms with Crippen molar-refractivity contribution >= 4 is 24.2 Å². The normalized spacial score (nSPS) is 10.9. The number of carbonyl (C=O) groups is 2. The molecule has 5 aromatic rings. The number of hydrazone groups is 2. The molecular formula is C36H30N4O4. The summed E-state index contributed by atoms with van der Waals surface area (Å²) in [6.07, 6.45) is 3.08. The average molecular weight is 583 g/mol. The first-order chi connectivity index (χ1) is 21.6. The molecule has 0 unspecified atom stereocenters. The second kappa shape index (κ2) is 15.3. The van der Waals surface area contributed by atoms with Crippen molar-refractivity contribution < 1.29 is 19.1 Å². The number of hydrogen-bond acceptors (Lipinski definition) is 6. The second-order valence-electron chi connectivity index (χ2n) is 9.67. The van der Waals surface area contributed by atoms with Crippen molar-refractivity contribution in [1.82, 2.24) is 10.9 Å². The largest absolute Gasteiger partial charge is 0.489 e. The summed E-state index contributed by atoms with van der Waals surface area (Å²) in [7, 11) is 0. The minimum Gasteiger partial charge on any atom is -0.489 e. The van der Waals surface area contributed by atoms with E-state index in [1.165, 1.54) is 12.4 Å². The van der Waals surface area contributed by atoms with Gasteiger partial charge in [-0.15, -0.1) is 0 Å². The van der Waals surface area contributed by atoms with Crippen LogP contribution in [0.1, 0.15) is 43.0 Å². The minimum absolute atomic E-state index is 0.356. The Labute approximate surface area is 255 Å². The first-order valence-corrected chi connectivity index (χ1v) is 13.9. The van der Waals surface area contributed by atoms with Crippen LogP contribution in [0.3, 0.4) is 0 Å². The maximum atomic E-state index is 12.5. The zero-order valence-corrected chi connectivity index (χ0v) is 23.8. The molecule has 0 aliphatic heterocycles. The van der Waals surface area contributed by atoms with Crippen LogP contribution in [0.2, 0.25) is 0 Å². The van der Waals surface area contributed by atoms with Gasteiger partial charge >= 0.3 is 0 Å². The zero-order valence-electron chi connectivity index (χ0n) is 23.8. The molecule has 8 heteroatoms. The first kappa shape index (κ1) is 29.5. The number of nitrogens with one attached hydrogen (secondary N) is 2. The highest BCUT2D eigenvalue weighted by molar-refractivity contribution is 5.98. The lowest BCUT2D eigenvalue weighted by Crippen LogP contribution is -2.19. The Morgan fingerprint density at radius 3 is 1.34 bits per heavy atom. The molecule has 5 rings (SSSR count). The van der Waals surface area contributed by atoms with Crippen LogP contribution in [0.25, 0.3) is 0 Å². The Balaban J connectivity index is 1.08. The third-order valence-corrected chi connectivity index (χ3v) is 6.38. The average Bonchev–Trinajstić information content (AvgIpc) is 3.08. The molecule has 8 nitrogen and oxygen atoms in total. The van der Waals surface area contributed by atoms with Gasteiger partial charge in [-0.25, -0.2) is 10.9 Å². The first-order valence-electron chi connectivity index (χ1n) is 13.9. The number of nitrogens with zero attached hydrogens (tertiary/aromatic N) is 2. The summed E-state index contributed by atoms with van der Waals surface area (Å²) in [6, 6.07) is 40.8. The molecule has 0 aliphatic rings. The van der Waals surface area contributed by atoms with Gasteiger partial charge in [-0.1, -0.05) is 84.9 Å². The molecule has 0 saturated carbocycles. The fraction of sp³-hybridized carbons (Fsp3) is 0.0556. The van der Waals surface area contributed by atoms with Gasteiger partial charge in [-0.05, 0) is 70.8 Å². The van der Waals surface area contributed by atoms with E-state index >= 15 is 0 Å². The van der Waals surface area contributed by atoms with Crippen LogP contribution in [-0.2, 0) is 13.2 Å². The summed E-state index contributed by atoms with van der Waals surface area (Å²) >= 11 is 0. The number of benzene rings is 5. The monoisotopic (exact) mass is 582 g/mol. The highest BCUT2D eigenvalue weighted by Crippen LogP contribution is 2.15. The van der Waals surface area contributed by atoms with Gasteiger partial charge in [0.25, 0.3) is 11.8 Å². The van der Waals surface area contributed by atoms with Gasteiger partial charge in [-0.3, -0.25) is 9.59 Å². The summed E-state index contributed by atoms with van der Waals surface area (Å²) in [6.45, 7) is 0.912. The van der Waals surface area contributed by atoms with Crippen LogP contribution in [0.5, 0.6) is 11.5 Å². The highest BCUT2D eigenvalue weighted by Gasteiger charge is 2.08. The lowest BCUT2D eigenvalue weighted by molar-refractivity contribution is 0.0943. The molecule has 5 aromatic carbocycles. The van der Waals surface area contributed by atoms with Crippen LogP contribution in [0.15, 0.2) is 144 Å². The fourth-order valence-corrected chi connectivity index (χ4v) is 4.08. The van der Waals surface area contributed by atoms with Gasteiger partial charge in [-0.2, -0.15) is 10.2 Å². The van der Waals surface area contributed by atoms with Gasteiger partial charge in [0.15, 0.2) is 0 Å². The summed E-state index contributed by atoms with van der Waals surface area (Å²) in [5.41, 5.74) is 9.41. The molecule has 0 spiro atoms. The lowest BCUT2D eigenvalue weighted by atomic mass is 10.1.